The van der Waals surface area contributed by atoms with Crippen LogP contribution in [-0.4, -0.2) is 17.9 Å². The average molecular weight is 299 g/mol. The van der Waals surface area contributed by atoms with Crippen LogP contribution in [0.15, 0.2) is 42.6 Å². The van der Waals surface area contributed by atoms with Crippen LogP contribution < -0.4 is 4.73 Å². The molecule has 0 bridgehead atoms. The van der Waals surface area contributed by atoms with Crippen molar-refractivity contribution in [3.8, 4) is 0 Å². The van der Waals surface area contributed by atoms with Crippen LogP contribution in [0.4, 0.5) is 0 Å². The Bertz CT molecular complexity index is 724. The predicted octanol–water partition coefficient (Wildman–Crippen LogP) is 2.37. The summed E-state index contributed by atoms with van der Waals surface area (Å²) in [4.78, 5) is 24.2. The van der Waals surface area contributed by atoms with Crippen LogP contribution in [0.3, 0.4) is 0 Å². The molecule has 0 unspecified atom stereocenters. The molecule has 0 spiro atoms. The highest BCUT2D eigenvalue weighted by atomic mass is 16.6. The van der Waals surface area contributed by atoms with Gasteiger partial charge in [0.15, 0.2) is 12.3 Å². The third-order valence-corrected chi connectivity index (χ3v) is 3.48. The number of nitrogens with zero attached hydrogens (tertiary/aromatic N) is 1. The Morgan fingerprint density at radius 1 is 1.14 bits per heavy atom. The quantitative estimate of drug-likeness (QED) is 0.376. The molecule has 1 aromatic carbocycles. The number of carbonyl (C=O) groups excluding carboxylic acids is 2. The predicted molar refractivity (Wildman–Crippen MR) is 80.5 cm³/mol. The normalized spacial score (nSPS) is 11.8. The molecule has 1 aromatic heterocycles. The van der Waals surface area contributed by atoms with Gasteiger partial charge in [-0.1, -0.05) is 12.1 Å². The van der Waals surface area contributed by atoms with E-state index in [2.05, 4.69) is 0 Å². The van der Waals surface area contributed by atoms with E-state index < -0.39 is 12.1 Å². The lowest BCUT2D eigenvalue weighted by atomic mass is 10.0. The molecule has 0 aliphatic heterocycles. The van der Waals surface area contributed by atoms with E-state index in [9.17, 15) is 14.8 Å². The van der Waals surface area contributed by atoms with E-state index in [1.807, 2.05) is 19.9 Å². The zero-order valence-electron chi connectivity index (χ0n) is 12.7. The number of carbonyl (C=O) groups is 2. The van der Waals surface area contributed by atoms with Crippen molar-refractivity contribution in [3.05, 3.63) is 70.2 Å². The Morgan fingerprint density at radius 2 is 1.86 bits per heavy atom. The second-order valence-corrected chi connectivity index (χ2v) is 5.12. The lowest BCUT2D eigenvalue weighted by molar-refractivity contribution is -0.608. The molecule has 0 amide bonds. The van der Waals surface area contributed by atoms with Gasteiger partial charge in [-0.2, -0.15) is 4.73 Å². The molecule has 5 nitrogen and oxygen atoms in total. The van der Waals surface area contributed by atoms with E-state index >= 15 is 0 Å². The molecule has 22 heavy (non-hydrogen) atoms. The second kappa shape index (κ2) is 6.39. The molecular weight excluding hydrogens is 282 g/mol. The van der Waals surface area contributed by atoms with E-state index in [1.165, 1.54) is 25.3 Å². The van der Waals surface area contributed by atoms with Crippen molar-refractivity contribution in [3.63, 3.8) is 0 Å². The highest BCUT2D eigenvalue weighted by molar-refractivity contribution is 6.01. The standard InChI is InChI=1S/C17H17NO4/c1-11-7-8-14(10-12(11)2)16(19)13(3)22-17(20)15-6-4-5-9-18(15)21/h4-10,13H,1-3H3/t13-/m0/s1. The molecule has 1 heterocycles. The van der Waals surface area contributed by atoms with Gasteiger partial charge in [-0.15, -0.1) is 0 Å². The first-order valence-corrected chi connectivity index (χ1v) is 6.91. The Kier molecular flexibility index (Phi) is 4.56. The summed E-state index contributed by atoms with van der Waals surface area (Å²) in [5.41, 5.74) is 2.40. The van der Waals surface area contributed by atoms with E-state index in [4.69, 9.17) is 4.74 Å². The third kappa shape index (κ3) is 3.31. The van der Waals surface area contributed by atoms with Gasteiger partial charge in [-0.05, 0) is 44.0 Å². The maximum atomic E-state index is 12.3. The smallest absolute Gasteiger partial charge is 0.405 e. The maximum absolute atomic E-state index is 12.3. The van der Waals surface area contributed by atoms with Gasteiger partial charge in [0, 0.05) is 17.7 Å². The van der Waals surface area contributed by atoms with E-state index in [0.29, 0.717) is 10.3 Å². The van der Waals surface area contributed by atoms with Crippen LogP contribution in [-0.2, 0) is 4.74 Å². The number of Topliss-reactive ketones (excluding diaryl/α,β-unsaturated/α-hetero) is 1. The fourth-order valence-electron chi connectivity index (χ4n) is 1.99. The van der Waals surface area contributed by atoms with Gasteiger partial charge in [-0.25, -0.2) is 4.79 Å². The fraction of sp³-hybridized carbons (Fsp3) is 0.235. The molecular formula is C17H17NO4. The fourth-order valence-corrected chi connectivity index (χ4v) is 1.99. The Labute approximate surface area is 128 Å². The zero-order valence-corrected chi connectivity index (χ0v) is 12.7. The number of hydrogen-bond acceptors (Lipinski definition) is 4. The van der Waals surface area contributed by atoms with Crippen LogP contribution >= 0.6 is 0 Å². The molecule has 5 heteroatoms. The molecule has 2 rings (SSSR count). The van der Waals surface area contributed by atoms with Crippen LogP contribution in [0, 0.1) is 19.1 Å². The van der Waals surface area contributed by atoms with Gasteiger partial charge >= 0.3 is 11.7 Å². The summed E-state index contributed by atoms with van der Waals surface area (Å²) in [6, 6.07) is 9.72. The third-order valence-electron chi connectivity index (χ3n) is 3.48. The number of ether oxygens (including phenoxy) is 1. The van der Waals surface area contributed by atoms with Gasteiger partial charge < -0.3 is 9.94 Å². The molecule has 114 valence electrons. The number of benzene rings is 1. The maximum Gasteiger partial charge on any atom is 0.405 e. The summed E-state index contributed by atoms with van der Waals surface area (Å²) >= 11 is 0. The Hall–Kier alpha value is -2.69. The highest BCUT2D eigenvalue weighted by Gasteiger charge is 2.24. The molecule has 0 radical (unpaired) electrons. The number of pyridine rings is 1. The molecule has 2 aromatic rings. The van der Waals surface area contributed by atoms with E-state index in [1.54, 1.807) is 18.2 Å². The minimum atomic E-state index is -0.963. The van der Waals surface area contributed by atoms with Crippen LogP contribution in [0.5, 0.6) is 0 Å². The highest BCUT2D eigenvalue weighted by Crippen LogP contribution is 2.13. The Balaban J connectivity index is 2.13. The summed E-state index contributed by atoms with van der Waals surface area (Å²) in [7, 11) is 0. The van der Waals surface area contributed by atoms with Crippen molar-refractivity contribution in [2.75, 3.05) is 0 Å². The first-order chi connectivity index (χ1) is 10.4. The number of aromatic nitrogens is 1. The van der Waals surface area contributed by atoms with Gasteiger partial charge in [0.2, 0.25) is 5.78 Å². The number of rotatable bonds is 4. The van der Waals surface area contributed by atoms with Crippen molar-refractivity contribution in [2.45, 2.75) is 26.9 Å². The summed E-state index contributed by atoms with van der Waals surface area (Å²) < 4.78 is 5.51. The summed E-state index contributed by atoms with van der Waals surface area (Å²) in [5, 5.41) is 11.5. The van der Waals surface area contributed by atoms with Gasteiger partial charge in [0.25, 0.3) is 0 Å². The minimum absolute atomic E-state index is 0.151. The van der Waals surface area contributed by atoms with Gasteiger partial charge in [0.1, 0.15) is 0 Å². The van der Waals surface area contributed by atoms with E-state index in [0.717, 1.165) is 11.1 Å². The number of hydrogen-bond donors (Lipinski definition) is 0. The van der Waals surface area contributed by atoms with Crippen molar-refractivity contribution in [1.29, 1.82) is 0 Å². The number of aryl methyl sites for hydroxylation is 2. The van der Waals surface area contributed by atoms with Crippen molar-refractivity contribution >= 4 is 11.8 Å². The first-order valence-electron chi connectivity index (χ1n) is 6.91. The molecule has 0 N–H and O–H groups in total. The Morgan fingerprint density at radius 3 is 2.50 bits per heavy atom. The molecule has 0 saturated heterocycles. The zero-order chi connectivity index (χ0) is 16.3. The lowest BCUT2D eigenvalue weighted by Crippen LogP contribution is -2.36. The molecule has 0 aliphatic rings. The van der Waals surface area contributed by atoms with Crippen LogP contribution in [0.1, 0.15) is 38.9 Å². The van der Waals surface area contributed by atoms with Crippen molar-refractivity contribution in [1.82, 2.24) is 0 Å². The topological polar surface area (TPSA) is 70.3 Å². The van der Waals surface area contributed by atoms with Crippen LogP contribution in [0.25, 0.3) is 0 Å². The molecule has 1 atom stereocenters. The van der Waals surface area contributed by atoms with Crippen molar-refractivity contribution in [2.24, 2.45) is 0 Å². The van der Waals surface area contributed by atoms with Crippen molar-refractivity contribution < 1.29 is 19.1 Å². The average Bonchev–Trinajstić information content (AvgIpc) is 2.49. The SMILES string of the molecule is Cc1ccc(C(=O)[C@H](C)OC(=O)c2cccc[n+]2[O-])cc1C. The number of esters is 1. The molecule has 0 saturated carbocycles. The van der Waals surface area contributed by atoms with Crippen LogP contribution in [0.2, 0.25) is 0 Å². The molecule has 0 aliphatic carbocycles. The van der Waals surface area contributed by atoms with E-state index in [-0.39, 0.29) is 11.5 Å². The first kappa shape index (κ1) is 15.7. The van der Waals surface area contributed by atoms with Gasteiger partial charge in [0.05, 0.1) is 0 Å². The summed E-state index contributed by atoms with van der Waals surface area (Å²) in [6.07, 6.45) is 0.238. The largest absolute Gasteiger partial charge is 0.618 e. The summed E-state index contributed by atoms with van der Waals surface area (Å²) in [5.74, 6) is -1.12. The second-order valence-electron chi connectivity index (χ2n) is 5.12. The number of ketones is 1. The minimum Gasteiger partial charge on any atom is -0.618 e. The molecule has 0 fully saturated rings. The monoisotopic (exact) mass is 299 g/mol. The lowest BCUT2D eigenvalue weighted by Gasteiger charge is -2.12. The van der Waals surface area contributed by atoms with Gasteiger partial charge in [-0.3, -0.25) is 4.79 Å². The summed E-state index contributed by atoms with van der Waals surface area (Å²) in [6.45, 7) is 5.36.